The molecular formula is C19H21N5O3S. The van der Waals surface area contributed by atoms with Crippen molar-refractivity contribution in [3.05, 3.63) is 46.6 Å². The van der Waals surface area contributed by atoms with Crippen molar-refractivity contribution in [3.8, 4) is 0 Å². The van der Waals surface area contributed by atoms with Gasteiger partial charge in [-0.1, -0.05) is 18.2 Å². The average Bonchev–Trinajstić information content (AvgIpc) is 3.32. The summed E-state index contributed by atoms with van der Waals surface area (Å²) in [6, 6.07) is 7.83. The number of hydrazine groups is 1. The van der Waals surface area contributed by atoms with Gasteiger partial charge in [0.2, 0.25) is 5.91 Å². The van der Waals surface area contributed by atoms with Crippen LogP contribution in [-0.2, 0) is 16.0 Å². The van der Waals surface area contributed by atoms with Gasteiger partial charge in [-0.3, -0.25) is 20.4 Å². The second-order valence-electron chi connectivity index (χ2n) is 6.57. The summed E-state index contributed by atoms with van der Waals surface area (Å²) in [7, 11) is 0. The molecule has 2 aromatic heterocycles. The van der Waals surface area contributed by atoms with Gasteiger partial charge in [0.25, 0.3) is 5.91 Å². The van der Waals surface area contributed by atoms with Gasteiger partial charge in [0.05, 0.1) is 19.6 Å². The molecule has 0 unspecified atom stereocenters. The molecule has 3 aromatic rings. The Morgan fingerprint density at radius 2 is 2.04 bits per heavy atom. The van der Waals surface area contributed by atoms with E-state index in [0.29, 0.717) is 13.2 Å². The van der Waals surface area contributed by atoms with Crippen molar-refractivity contribution in [2.45, 2.75) is 13.3 Å². The Hall–Kier alpha value is -2.91. The van der Waals surface area contributed by atoms with E-state index < -0.39 is 5.91 Å². The summed E-state index contributed by atoms with van der Waals surface area (Å²) in [5.74, 6) is -0.718. The minimum Gasteiger partial charge on any atom is -0.378 e. The maximum Gasteiger partial charge on any atom is 0.289 e. The predicted octanol–water partition coefficient (Wildman–Crippen LogP) is 1.77. The van der Waals surface area contributed by atoms with E-state index in [9.17, 15) is 9.59 Å². The van der Waals surface area contributed by atoms with E-state index in [1.54, 1.807) is 5.38 Å². The summed E-state index contributed by atoms with van der Waals surface area (Å²) < 4.78 is 5.32. The molecule has 0 atom stereocenters. The number of morpholine rings is 1. The van der Waals surface area contributed by atoms with Crippen LogP contribution >= 0.6 is 11.3 Å². The zero-order valence-corrected chi connectivity index (χ0v) is 16.3. The number of para-hydroxylation sites is 1. The number of benzene rings is 1. The molecule has 2 amide bonds. The number of amides is 2. The van der Waals surface area contributed by atoms with Crippen LogP contribution in [0.25, 0.3) is 10.9 Å². The molecule has 0 radical (unpaired) electrons. The number of carbonyl (C=O) groups is 2. The largest absolute Gasteiger partial charge is 0.378 e. The molecule has 3 heterocycles. The van der Waals surface area contributed by atoms with E-state index in [4.69, 9.17) is 4.74 Å². The van der Waals surface area contributed by atoms with Crippen LogP contribution in [0.1, 0.15) is 21.7 Å². The van der Waals surface area contributed by atoms with E-state index in [0.717, 1.165) is 40.4 Å². The highest BCUT2D eigenvalue weighted by atomic mass is 32.1. The van der Waals surface area contributed by atoms with E-state index >= 15 is 0 Å². The number of nitrogens with zero attached hydrogens (tertiary/aromatic N) is 2. The van der Waals surface area contributed by atoms with Crippen LogP contribution in [0.5, 0.6) is 0 Å². The second-order valence-corrected chi connectivity index (χ2v) is 7.40. The van der Waals surface area contributed by atoms with Crippen molar-refractivity contribution in [1.29, 1.82) is 0 Å². The smallest absolute Gasteiger partial charge is 0.289 e. The van der Waals surface area contributed by atoms with Crippen molar-refractivity contribution in [2.24, 2.45) is 0 Å². The highest BCUT2D eigenvalue weighted by molar-refractivity contribution is 7.13. The van der Waals surface area contributed by atoms with Crippen LogP contribution in [0.2, 0.25) is 0 Å². The monoisotopic (exact) mass is 399 g/mol. The van der Waals surface area contributed by atoms with Crippen molar-refractivity contribution < 1.29 is 14.3 Å². The van der Waals surface area contributed by atoms with Crippen LogP contribution in [-0.4, -0.2) is 48.1 Å². The van der Waals surface area contributed by atoms with E-state index in [-0.39, 0.29) is 18.0 Å². The van der Waals surface area contributed by atoms with Gasteiger partial charge in [0.15, 0.2) is 5.13 Å². The summed E-state index contributed by atoms with van der Waals surface area (Å²) in [6.45, 7) is 4.77. The maximum atomic E-state index is 12.3. The number of aromatic nitrogens is 2. The van der Waals surface area contributed by atoms with Gasteiger partial charge >= 0.3 is 0 Å². The number of ether oxygens (including phenoxy) is 1. The lowest BCUT2D eigenvalue weighted by Gasteiger charge is -2.25. The first-order chi connectivity index (χ1) is 13.6. The summed E-state index contributed by atoms with van der Waals surface area (Å²) in [5.41, 5.74) is 8.07. The van der Waals surface area contributed by atoms with Crippen LogP contribution in [0.15, 0.2) is 29.6 Å². The number of fused-ring (bicyclic) bond motifs is 1. The molecule has 4 rings (SSSR count). The number of aryl methyl sites for hydroxylation is 1. The van der Waals surface area contributed by atoms with Crippen molar-refractivity contribution >= 4 is 39.2 Å². The van der Waals surface area contributed by atoms with E-state index in [1.807, 2.05) is 31.2 Å². The fraction of sp³-hybridized carbons (Fsp3) is 0.316. The van der Waals surface area contributed by atoms with Gasteiger partial charge in [-0.25, -0.2) is 4.98 Å². The molecule has 1 fully saturated rings. The minimum atomic E-state index is -0.431. The highest BCUT2D eigenvalue weighted by Crippen LogP contribution is 2.22. The van der Waals surface area contributed by atoms with Gasteiger partial charge in [0, 0.05) is 35.1 Å². The number of hydrogen-bond donors (Lipinski definition) is 3. The number of thiazole rings is 1. The van der Waals surface area contributed by atoms with Gasteiger partial charge in [-0.15, -0.1) is 11.3 Å². The summed E-state index contributed by atoms with van der Waals surface area (Å²) in [5, 5.41) is 3.49. The van der Waals surface area contributed by atoms with Crippen LogP contribution < -0.4 is 15.8 Å². The molecule has 0 aliphatic carbocycles. The zero-order chi connectivity index (χ0) is 19.5. The first-order valence-corrected chi connectivity index (χ1v) is 9.93. The maximum absolute atomic E-state index is 12.3. The number of rotatable bonds is 4. The third kappa shape index (κ3) is 3.85. The lowest BCUT2D eigenvalue weighted by atomic mass is 10.1. The number of nitrogens with one attached hydrogen (secondary N) is 3. The third-order valence-electron chi connectivity index (χ3n) is 4.69. The summed E-state index contributed by atoms with van der Waals surface area (Å²) >= 11 is 1.41. The molecule has 0 bridgehead atoms. The summed E-state index contributed by atoms with van der Waals surface area (Å²) in [6.07, 6.45) is 0.173. The molecular weight excluding hydrogens is 378 g/mol. The zero-order valence-electron chi connectivity index (χ0n) is 15.4. The predicted molar refractivity (Wildman–Crippen MR) is 107 cm³/mol. The quantitative estimate of drug-likeness (QED) is 0.581. The highest BCUT2D eigenvalue weighted by Gasteiger charge is 2.18. The van der Waals surface area contributed by atoms with E-state index in [2.05, 4.69) is 25.7 Å². The fourth-order valence-corrected chi connectivity index (χ4v) is 4.09. The Kier molecular flexibility index (Phi) is 5.27. The van der Waals surface area contributed by atoms with Crippen LogP contribution in [0.3, 0.4) is 0 Å². The minimum absolute atomic E-state index is 0.173. The topological polar surface area (TPSA) is 99.4 Å². The van der Waals surface area contributed by atoms with Crippen molar-refractivity contribution in [2.75, 3.05) is 31.2 Å². The first kappa shape index (κ1) is 18.5. The number of carbonyl (C=O) groups excluding carboxylic acids is 2. The third-order valence-corrected chi connectivity index (χ3v) is 5.59. The van der Waals surface area contributed by atoms with Gasteiger partial charge < -0.3 is 14.6 Å². The van der Waals surface area contributed by atoms with Crippen LogP contribution in [0.4, 0.5) is 5.13 Å². The lowest BCUT2D eigenvalue weighted by Crippen LogP contribution is -2.42. The first-order valence-electron chi connectivity index (χ1n) is 9.05. The molecule has 146 valence electrons. The van der Waals surface area contributed by atoms with Gasteiger partial charge in [0.1, 0.15) is 5.69 Å². The summed E-state index contributed by atoms with van der Waals surface area (Å²) in [4.78, 5) is 34.3. The fourth-order valence-electron chi connectivity index (χ4n) is 3.23. The molecule has 0 saturated carbocycles. The molecule has 3 N–H and O–H groups in total. The Balaban J connectivity index is 1.35. The number of aromatic amines is 1. The second kappa shape index (κ2) is 7.99. The standard InChI is InChI=1S/C19H21N5O3S/c1-12-14(13-4-2-3-5-15(13)20-12)10-17(25)22-23-18(26)16-11-28-19(21-16)24-6-8-27-9-7-24/h2-5,11,20H,6-10H2,1H3,(H,22,25)(H,23,26). The van der Waals surface area contributed by atoms with Crippen molar-refractivity contribution in [1.82, 2.24) is 20.8 Å². The molecule has 1 aliphatic rings. The van der Waals surface area contributed by atoms with Gasteiger partial charge in [-0.2, -0.15) is 0 Å². The van der Waals surface area contributed by atoms with Gasteiger partial charge in [-0.05, 0) is 18.6 Å². The molecule has 1 aromatic carbocycles. The Labute approximate surface area is 165 Å². The molecule has 1 saturated heterocycles. The Bertz CT molecular complexity index is 1010. The van der Waals surface area contributed by atoms with E-state index in [1.165, 1.54) is 11.3 Å². The Morgan fingerprint density at radius 1 is 1.25 bits per heavy atom. The Morgan fingerprint density at radius 3 is 2.86 bits per heavy atom. The molecule has 28 heavy (non-hydrogen) atoms. The molecule has 8 nitrogen and oxygen atoms in total. The SMILES string of the molecule is Cc1[nH]c2ccccc2c1CC(=O)NNC(=O)c1csc(N2CCOCC2)n1. The number of hydrogen-bond acceptors (Lipinski definition) is 6. The average molecular weight is 399 g/mol. The molecule has 0 spiro atoms. The molecule has 9 heteroatoms. The van der Waals surface area contributed by atoms with Crippen LogP contribution in [0, 0.1) is 6.92 Å². The number of anilines is 1. The lowest BCUT2D eigenvalue weighted by molar-refractivity contribution is -0.121. The van der Waals surface area contributed by atoms with Crippen molar-refractivity contribution in [3.63, 3.8) is 0 Å². The molecule has 1 aliphatic heterocycles. The number of H-pyrrole nitrogens is 1. The normalized spacial score (nSPS) is 14.2.